The molecular formula is C21H32N2O2. The van der Waals surface area contributed by atoms with E-state index in [1.165, 1.54) is 24.9 Å². The van der Waals surface area contributed by atoms with Gasteiger partial charge in [0.25, 0.3) is 0 Å². The zero-order chi connectivity index (χ0) is 17.7. The zero-order valence-electron chi connectivity index (χ0n) is 15.7. The van der Waals surface area contributed by atoms with E-state index in [0.29, 0.717) is 18.2 Å². The first-order chi connectivity index (χ1) is 12.1. The normalized spacial score (nSPS) is 24.2. The fourth-order valence-corrected chi connectivity index (χ4v) is 4.46. The van der Waals surface area contributed by atoms with Crippen molar-refractivity contribution in [2.24, 2.45) is 5.92 Å². The van der Waals surface area contributed by atoms with Crippen molar-refractivity contribution in [1.29, 1.82) is 0 Å². The van der Waals surface area contributed by atoms with Gasteiger partial charge in [-0.3, -0.25) is 4.79 Å². The Bertz CT molecular complexity index is 552. The van der Waals surface area contributed by atoms with E-state index in [2.05, 4.69) is 36.2 Å². The van der Waals surface area contributed by atoms with Crippen molar-refractivity contribution in [3.63, 3.8) is 0 Å². The summed E-state index contributed by atoms with van der Waals surface area (Å²) in [5.74, 6) is 1.01. The average Bonchev–Trinajstić information content (AvgIpc) is 2.67. The smallest absolute Gasteiger partial charge is 0.222 e. The molecule has 0 aliphatic carbocycles. The second-order valence-corrected chi connectivity index (χ2v) is 7.75. The van der Waals surface area contributed by atoms with Crippen LogP contribution in [0.4, 0.5) is 0 Å². The number of carbonyl (C=O) groups excluding carboxylic acids is 1. The van der Waals surface area contributed by atoms with Crippen molar-refractivity contribution in [3.05, 3.63) is 35.9 Å². The fourth-order valence-electron chi connectivity index (χ4n) is 4.46. The lowest BCUT2D eigenvalue weighted by atomic mass is 9.84. The van der Waals surface area contributed by atoms with Crippen LogP contribution >= 0.6 is 0 Å². The molecule has 4 nitrogen and oxygen atoms in total. The van der Waals surface area contributed by atoms with Gasteiger partial charge in [-0.15, -0.1) is 0 Å². The molecule has 1 aromatic carbocycles. The third-order valence-corrected chi connectivity index (χ3v) is 6.10. The van der Waals surface area contributed by atoms with Crippen LogP contribution in [0.5, 0.6) is 0 Å². The van der Waals surface area contributed by atoms with Gasteiger partial charge in [0.15, 0.2) is 0 Å². The summed E-state index contributed by atoms with van der Waals surface area (Å²) >= 11 is 0. The highest BCUT2D eigenvalue weighted by molar-refractivity contribution is 5.76. The predicted octanol–water partition coefficient (Wildman–Crippen LogP) is 3.27. The second kappa shape index (κ2) is 8.33. The number of benzene rings is 1. The molecule has 2 aliphatic heterocycles. The molecule has 1 aromatic rings. The monoisotopic (exact) mass is 344 g/mol. The first kappa shape index (κ1) is 18.4. The summed E-state index contributed by atoms with van der Waals surface area (Å²) in [5, 5.41) is 0. The van der Waals surface area contributed by atoms with Crippen LogP contribution in [-0.4, -0.2) is 56.0 Å². The lowest BCUT2D eigenvalue weighted by molar-refractivity contribution is -0.137. The molecule has 4 heteroatoms. The molecule has 0 bridgehead atoms. The topological polar surface area (TPSA) is 32.8 Å². The minimum atomic E-state index is -0.232. The van der Waals surface area contributed by atoms with Crippen molar-refractivity contribution in [2.45, 2.75) is 44.1 Å². The van der Waals surface area contributed by atoms with Gasteiger partial charge in [0.2, 0.25) is 5.91 Å². The number of amides is 1. The molecule has 1 amide bonds. The number of rotatable bonds is 5. The van der Waals surface area contributed by atoms with Gasteiger partial charge in [-0.25, -0.2) is 0 Å². The minimum absolute atomic E-state index is 0.232. The highest BCUT2D eigenvalue weighted by Gasteiger charge is 2.37. The summed E-state index contributed by atoms with van der Waals surface area (Å²) in [6.45, 7) is 3.95. The average molecular weight is 344 g/mol. The lowest BCUT2D eigenvalue weighted by Gasteiger charge is -2.41. The van der Waals surface area contributed by atoms with E-state index in [4.69, 9.17) is 4.74 Å². The molecular weight excluding hydrogens is 312 g/mol. The highest BCUT2D eigenvalue weighted by atomic mass is 16.5. The van der Waals surface area contributed by atoms with Crippen molar-refractivity contribution < 1.29 is 9.53 Å². The molecule has 0 N–H and O–H groups in total. The standard InChI is InChI=1S/C21H32N2O2/c1-22-14-6-7-18(17-22)10-11-20(24)23-15-12-21(25-2,13-16-23)19-8-4-3-5-9-19/h3-5,8-9,18H,6-7,10-17H2,1-2H3. The first-order valence-corrected chi connectivity index (χ1v) is 9.70. The molecule has 2 heterocycles. The molecule has 1 atom stereocenters. The molecule has 0 aromatic heterocycles. The minimum Gasteiger partial charge on any atom is -0.373 e. The molecule has 25 heavy (non-hydrogen) atoms. The molecule has 2 saturated heterocycles. The van der Waals surface area contributed by atoms with Crippen LogP contribution in [-0.2, 0) is 15.1 Å². The molecule has 2 fully saturated rings. The van der Waals surface area contributed by atoms with Crippen molar-refractivity contribution in [2.75, 3.05) is 40.3 Å². The van der Waals surface area contributed by atoms with E-state index in [-0.39, 0.29) is 5.60 Å². The van der Waals surface area contributed by atoms with Gasteiger partial charge in [0.05, 0.1) is 5.60 Å². The van der Waals surface area contributed by atoms with E-state index in [1.54, 1.807) is 7.11 Å². The van der Waals surface area contributed by atoms with E-state index in [0.717, 1.165) is 38.9 Å². The highest BCUT2D eigenvalue weighted by Crippen LogP contribution is 2.36. The number of piperidine rings is 2. The predicted molar refractivity (Wildman–Crippen MR) is 100 cm³/mol. The van der Waals surface area contributed by atoms with Crippen molar-refractivity contribution in [3.8, 4) is 0 Å². The number of hydrogen-bond acceptors (Lipinski definition) is 3. The quantitative estimate of drug-likeness (QED) is 0.822. The van der Waals surface area contributed by atoms with Crippen LogP contribution in [0.25, 0.3) is 0 Å². The fraction of sp³-hybridized carbons (Fsp3) is 0.667. The Morgan fingerprint density at radius 3 is 2.56 bits per heavy atom. The Hall–Kier alpha value is -1.39. The summed E-state index contributed by atoms with van der Waals surface area (Å²) in [4.78, 5) is 17.1. The summed E-state index contributed by atoms with van der Waals surface area (Å²) in [6, 6.07) is 10.4. The van der Waals surface area contributed by atoms with Crippen LogP contribution < -0.4 is 0 Å². The van der Waals surface area contributed by atoms with Gasteiger partial charge in [0, 0.05) is 33.2 Å². The Labute approximate surface area is 152 Å². The molecule has 1 unspecified atom stereocenters. The largest absolute Gasteiger partial charge is 0.373 e. The van der Waals surface area contributed by atoms with Gasteiger partial charge in [-0.05, 0) is 57.2 Å². The maximum absolute atomic E-state index is 12.6. The number of hydrogen-bond donors (Lipinski definition) is 0. The molecule has 0 saturated carbocycles. The summed E-state index contributed by atoms with van der Waals surface area (Å²) in [6.07, 6.45) is 6.04. The van der Waals surface area contributed by atoms with E-state index >= 15 is 0 Å². The van der Waals surface area contributed by atoms with E-state index in [1.807, 2.05) is 11.0 Å². The van der Waals surface area contributed by atoms with Gasteiger partial charge >= 0.3 is 0 Å². The maximum atomic E-state index is 12.6. The maximum Gasteiger partial charge on any atom is 0.222 e. The Kier molecular flexibility index (Phi) is 6.13. The summed E-state index contributed by atoms with van der Waals surface area (Å²) in [5.41, 5.74) is 0.999. The van der Waals surface area contributed by atoms with E-state index < -0.39 is 0 Å². The summed E-state index contributed by atoms with van der Waals surface area (Å²) in [7, 11) is 3.98. The molecule has 2 aliphatic rings. The SMILES string of the molecule is COC1(c2ccccc2)CCN(C(=O)CCC2CCCN(C)C2)CC1. The van der Waals surface area contributed by atoms with Crippen LogP contribution in [0.2, 0.25) is 0 Å². The first-order valence-electron chi connectivity index (χ1n) is 9.70. The summed E-state index contributed by atoms with van der Waals surface area (Å²) < 4.78 is 5.92. The Morgan fingerprint density at radius 2 is 1.92 bits per heavy atom. The molecule has 0 spiro atoms. The van der Waals surface area contributed by atoms with Gasteiger partial charge < -0.3 is 14.5 Å². The van der Waals surface area contributed by atoms with Gasteiger partial charge in [-0.2, -0.15) is 0 Å². The van der Waals surface area contributed by atoms with Gasteiger partial charge in [0.1, 0.15) is 0 Å². The van der Waals surface area contributed by atoms with Crippen LogP contribution in [0.3, 0.4) is 0 Å². The second-order valence-electron chi connectivity index (χ2n) is 7.75. The van der Waals surface area contributed by atoms with Crippen molar-refractivity contribution >= 4 is 5.91 Å². The number of ether oxygens (including phenoxy) is 1. The third kappa shape index (κ3) is 4.42. The third-order valence-electron chi connectivity index (χ3n) is 6.10. The van der Waals surface area contributed by atoms with E-state index in [9.17, 15) is 4.79 Å². The number of likely N-dealkylation sites (tertiary alicyclic amines) is 2. The molecule has 3 rings (SSSR count). The number of methoxy groups -OCH3 is 1. The van der Waals surface area contributed by atoms with Crippen LogP contribution in [0.15, 0.2) is 30.3 Å². The Morgan fingerprint density at radius 1 is 1.20 bits per heavy atom. The number of nitrogens with zero attached hydrogens (tertiary/aromatic N) is 2. The number of carbonyl (C=O) groups is 1. The molecule has 0 radical (unpaired) electrons. The zero-order valence-corrected chi connectivity index (χ0v) is 15.7. The lowest BCUT2D eigenvalue weighted by Crippen LogP contribution is -2.46. The van der Waals surface area contributed by atoms with Crippen LogP contribution in [0, 0.1) is 5.92 Å². The Balaban J connectivity index is 1.50. The molecule has 138 valence electrons. The van der Waals surface area contributed by atoms with Crippen LogP contribution in [0.1, 0.15) is 44.1 Å². The van der Waals surface area contributed by atoms with Gasteiger partial charge in [-0.1, -0.05) is 30.3 Å². The van der Waals surface area contributed by atoms with Crippen molar-refractivity contribution in [1.82, 2.24) is 9.80 Å².